The number of benzene rings is 1. The van der Waals surface area contributed by atoms with Gasteiger partial charge in [0.2, 0.25) is 0 Å². The van der Waals surface area contributed by atoms with Gasteiger partial charge < -0.3 is 9.67 Å². The van der Waals surface area contributed by atoms with Crippen LogP contribution >= 0.6 is 15.9 Å². The summed E-state index contributed by atoms with van der Waals surface area (Å²) in [6, 6.07) is 13.2. The molecule has 0 aliphatic heterocycles. The minimum absolute atomic E-state index is 0.353. The lowest BCUT2D eigenvalue weighted by atomic mass is 9.89. The standard InChI is InChI=1S/C16H14BrN3O/c17-14-6-4-13(5-7-14)16(21,11-20-10-9-18-12-20)15-3-1-2-8-19-15/h1-10,12,21H,11H2. The molecule has 1 N–H and O–H groups in total. The Morgan fingerprint density at radius 1 is 1.10 bits per heavy atom. The van der Waals surface area contributed by atoms with Crippen molar-refractivity contribution in [1.29, 1.82) is 0 Å². The van der Waals surface area contributed by atoms with Crippen molar-refractivity contribution in [2.45, 2.75) is 12.1 Å². The fraction of sp³-hybridized carbons (Fsp3) is 0.125. The van der Waals surface area contributed by atoms with Gasteiger partial charge in [-0.2, -0.15) is 0 Å². The number of imidazole rings is 1. The second-order valence-corrected chi connectivity index (χ2v) is 5.73. The summed E-state index contributed by atoms with van der Waals surface area (Å²) in [5, 5.41) is 11.3. The molecule has 1 unspecified atom stereocenters. The van der Waals surface area contributed by atoms with Crippen LogP contribution < -0.4 is 0 Å². The number of pyridine rings is 1. The van der Waals surface area contributed by atoms with Gasteiger partial charge in [0.25, 0.3) is 0 Å². The smallest absolute Gasteiger partial charge is 0.149 e. The molecule has 106 valence electrons. The number of aromatic nitrogens is 3. The zero-order valence-corrected chi connectivity index (χ0v) is 12.8. The maximum atomic E-state index is 11.3. The van der Waals surface area contributed by atoms with Gasteiger partial charge in [-0.25, -0.2) is 4.98 Å². The van der Waals surface area contributed by atoms with Crippen molar-refractivity contribution in [3.05, 3.63) is 83.1 Å². The normalized spacial score (nSPS) is 13.8. The molecule has 2 heterocycles. The Morgan fingerprint density at radius 2 is 1.90 bits per heavy atom. The first-order valence-corrected chi connectivity index (χ1v) is 7.33. The molecule has 0 saturated carbocycles. The molecule has 5 heteroatoms. The molecule has 4 nitrogen and oxygen atoms in total. The van der Waals surface area contributed by atoms with E-state index in [-0.39, 0.29) is 0 Å². The molecule has 2 aromatic heterocycles. The summed E-state index contributed by atoms with van der Waals surface area (Å²) in [5.74, 6) is 0. The average Bonchev–Trinajstić information content (AvgIpc) is 3.01. The van der Waals surface area contributed by atoms with Crippen LogP contribution in [0.4, 0.5) is 0 Å². The molecule has 21 heavy (non-hydrogen) atoms. The first-order valence-electron chi connectivity index (χ1n) is 6.54. The van der Waals surface area contributed by atoms with E-state index in [0.29, 0.717) is 12.2 Å². The van der Waals surface area contributed by atoms with E-state index in [1.54, 1.807) is 18.7 Å². The van der Waals surface area contributed by atoms with Crippen molar-refractivity contribution >= 4 is 15.9 Å². The van der Waals surface area contributed by atoms with E-state index in [0.717, 1.165) is 10.0 Å². The summed E-state index contributed by atoms with van der Waals surface area (Å²) in [4.78, 5) is 8.37. The summed E-state index contributed by atoms with van der Waals surface area (Å²) in [6.45, 7) is 0.353. The fourth-order valence-corrected chi connectivity index (χ4v) is 2.56. The maximum Gasteiger partial charge on any atom is 0.149 e. The van der Waals surface area contributed by atoms with E-state index in [9.17, 15) is 5.11 Å². The molecule has 0 radical (unpaired) electrons. The molecule has 1 atom stereocenters. The van der Waals surface area contributed by atoms with Gasteiger partial charge in [-0.1, -0.05) is 34.1 Å². The summed E-state index contributed by atoms with van der Waals surface area (Å²) in [6.07, 6.45) is 6.90. The molecule has 1 aromatic carbocycles. The minimum Gasteiger partial charge on any atom is -0.377 e. The summed E-state index contributed by atoms with van der Waals surface area (Å²) in [7, 11) is 0. The van der Waals surface area contributed by atoms with Gasteiger partial charge in [-0.3, -0.25) is 4.98 Å². The number of rotatable bonds is 4. The molecule has 0 aliphatic rings. The first kappa shape index (κ1) is 14.0. The summed E-state index contributed by atoms with van der Waals surface area (Å²) in [5.41, 5.74) is 0.196. The SMILES string of the molecule is OC(Cn1ccnc1)(c1ccc(Br)cc1)c1ccccn1. The Bertz CT molecular complexity index is 698. The summed E-state index contributed by atoms with van der Waals surface area (Å²) < 4.78 is 2.81. The highest BCUT2D eigenvalue weighted by atomic mass is 79.9. The molecule has 0 spiro atoms. The van der Waals surface area contributed by atoms with Crippen LogP contribution in [0.15, 0.2) is 71.9 Å². The molecule has 0 bridgehead atoms. The zero-order chi connectivity index (χ0) is 14.7. The third kappa shape index (κ3) is 2.89. The quantitative estimate of drug-likeness (QED) is 0.792. The third-order valence-electron chi connectivity index (χ3n) is 3.38. The Labute approximate surface area is 131 Å². The van der Waals surface area contributed by atoms with Gasteiger partial charge in [0.05, 0.1) is 18.6 Å². The molecule has 3 rings (SSSR count). The minimum atomic E-state index is -1.21. The molecule has 0 fully saturated rings. The molecule has 0 saturated heterocycles. The van der Waals surface area contributed by atoms with Crippen LogP contribution in [0.1, 0.15) is 11.3 Å². The Balaban J connectivity index is 2.08. The van der Waals surface area contributed by atoms with Gasteiger partial charge in [-0.05, 0) is 29.8 Å². The first-order chi connectivity index (χ1) is 10.2. The van der Waals surface area contributed by atoms with E-state index in [1.807, 2.05) is 53.2 Å². The monoisotopic (exact) mass is 343 g/mol. The van der Waals surface area contributed by atoms with Crippen LogP contribution in [0.5, 0.6) is 0 Å². The topological polar surface area (TPSA) is 50.9 Å². The van der Waals surface area contributed by atoms with Crippen LogP contribution in [0.3, 0.4) is 0 Å². The zero-order valence-electron chi connectivity index (χ0n) is 11.2. The largest absolute Gasteiger partial charge is 0.377 e. The van der Waals surface area contributed by atoms with Crippen LogP contribution in [0, 0.1) is 0 Å². The van der Waals surface area contributed by atoms with Gasteiger partial charge in [-0.15, -0.1) is 0 Å². The maximum absolute atomic E-state index is 11.3. The number of hydrogen-bond donors (Lipinski definition) is 1. The average molecular weight is 344 g/mol. The highest BCUT2D eigenvalue weighted by molar-refractivity contribution is 9.10. The van der Waals surface area contributed by atoms with E-state index in [1.165, 1.54) is 0 Å². The predicted octanol–water partition coefficient (Wildman–Crippen LogP) is 2.98. The van der Waals surface area contributed by atoms with Gasteiger partial charge in [0.15, 0.2) is 0 Å². The second kappa shape index (κ2) is 5.79. The molecule has 0 amide bonds. The van der Waals surface area contributed by atoms with E-state index in [4.69, 9.17) is 0 Å². The van der Waals surface area contributed by atoms with Gasteiger partial charge in [0.1, 0.15) is 5.60 Å². The number of hydrogen-bond acceptors (Lipinski definition) is 3. The van der Waals surface area contributed by atoms with Crippen molar-refractivity contribution in [1.82, 2.24) is 14.5 Å². The lowest BCUT2D eigenvalue weighted by Crippen LogP contribution is -2.33. The van der Waals surface area contributed by atoms with Gasteiger partial charge in [0, 0.05) is 23.1 Å². The van der Waals surface area contributed by atoms with Crippen LogP contribution in [-0.4, -0.2) is 19.6 Å². The van der Waals surface area contributed by atoms with Crippen molar-refractivity contribution in [3.8, 4) is 0 Å². The predicted molar refractivity (Wildman–Crippen MR) is 83.6 cm³/mol. The lowest BCUT2D eigenvalue weighted by molar-refractivity contribution is 0.0567. The molecular formula is C16H14BrN3O. The fourth-order valence-electron chi connectivity index (χ4n) is 2.30. The van der Waals surface area contributed by atoms with Crippen molar-refractivity contribution in [2.75, 3.05) is 0 Å². The second-order valence-electron chi connectivity index (χ2n) is 4.82. The molecule has 0 aliphatic carbocycles. The number of aliphatic hydroxyl groups is 1. The lowest BCUT2D eigenvalue weighted by Gasteiger charge is -2.28. The third-order valence-corrected chi connectivity index (χ3v) is 3.91. The van der Waals surface area contributed by atoms with Crippen molar-refractivity contribution in [3.63, 3.8) is 0 Å². The van der Waals surface area contributed by atoms with E-state index in [2.05, 4.69) is 25.9 Å². The van der Waals surface area contributed by atoms with Gasteiger partial charge >= 0.3 is 0 Å². The van der Waals surface area contributed by atoms with E-state index < -0.39 is 5.60 Å². The number of nitrogens with zero attached hydrogens (tertiary/aromatic N) is 3. The Kier molecular flexibility index (Phi) is 3.86. The Morgan fingerprint density at radius 3 is 2.52 bits per heavy atom. The van der Waals surface area contributed by atoms with E-state index >= 15 is 0 Å². The van der Waals surface area contributed by atoms with Crippen LogP contribution in [-0.2, 0) is 12.1 Å². The molecule has 3 aromatic rings. The highest BCUT2D eigenvalue weighted by Crippen LogP contribution is 2.30. The molecular weight excluding hydrogens is 330 g/mol. The highest BCUT2D eigenvalue weighted by Gasteiger charge is 2.33. The Hall–Kier alpha value is -1.98. The van der Waals surface area contributed by atoms with Crippen molar-refractivity contribution < 1.29 is 5.11 Å². The van der Waals surface area contributed by atoms with Crippen LogP contribution in [0.25, 0.3) is 0 Å². The van der Waals surface area contributed by atoms with Crippen molar-refractivity contribution in [2.24, 2.45) is 0 Å². The van der Waals surface area contributed by atoms with Crippen LogP contribution in [0.2, 0.25) is 0 Å². The number of halogens is 1. The summed E-state index contributed by atoms with van der Waals surface area (Å²) >= 11 is 3.42.